The van der Waals surface area contributed by atoms with Gasteiger partial charge in [-0.25, -0.2) is 18.1 Å². The molecule has 0 aliphatic carbocycles. The van der Waals surface area contributed by atoms with E-state index in [1.54, 1.807) is 32.2 Å². The number of aromatic nitrogens is 1. The molecule has 1 aromatic heterocycles. The Morgan fingerprint density at radius 1 is 1.29 bits per heavy atom. The number of carbonyl (C=O) groups is 1. The number of sulfonamides is 1. The Morgan fingerprint density at radius 2 is 1.96 bits per heavy atom. The molecule has 1 aromatic rings. The van der Waals surface area contributed by atoms with Crippen LogP contribution < -0.4 is 10.0 Å². The monoisotopic (exact) mass is 354 g/mol. The van der Waals surface area contributed by atoms with Gasteiger partial charge >= 0.3 is 0 Å². The summed E-state index contributed by atoms with van der Waals surface area (Å²) in [6, 6.07) is 3.49. The number of carbonyl (C=O) groups excluding carboxylic acids is 1. The second-order valence-corrected chi connectivity index (χ2v) is 8.61. The molecule has 1 aliphatic rings. The molecule has 1 fully saturated rings. The Balaban J connectivity index is 2.10. The summed E-state index contributed by atoms with van der Waals surface area (Å²) < 4.78 is 25.4. The molecule has 1 amide bonds. The van der Waals surface area contributed by atoms with E-state index in [-0.39, 0.29) is 5.91 Å². The van der Waals surface area contributed by atoms with Crippen LogP contribution in [0, 0.1) is 0 Å². The third kappa shape index (κ3) is 5.45. The van der Waals surface area contributed by atoms with Gasteiger partial charge in [-0.3, -0.25) is 4.79 Å². The van der Waals surface area contributed by atoms with Crippen LogP contribution >= 0.6 is 0 Å². The van der Waals surface area contributed by atoms with Crippen molar-refractivity contribution in [3.63, 3.8) is 0 Å². The van der Waals surface area contributed by atoms with Crippen LogP contribution in [0.5, 0.6) is 0 Å². The Morgan fingerprint density at radius 3 is 2.58 bits per heavy atom. The molecule has 0 atom stereocenters. The molecule has 0 bridgehead atoms. The van der Waals surface area contributed by atoms with E-state index in [2.05, 4.69) is 15.0 Å². The first-order chi connectivity index (χ1) is 11.2. The van der Waals surface area contributed by atoms with Crippen molar-refractivity contribution < 1.29 is 13.2 Å². The predicted octanol–water partition coefficient (Wildman–Crippen LogP) is 1.45. The quantitative estimate of drug-likeness (QED) is 0.807. The average Bonchev–Trinajstić information content (AvgIpc) is 2.51. The molecular weight excluding hydrogens is 328 g/mol. The topological polar surface area (TPSA) is 91.4 Å². The smallest absolute Gasteiger partial charge is 0.257 e. The number of likely N-dealkylation sites (tertiary alicyclic amines) is 1. The van der Waals surface area contributed by atoms with Crippen LogP contribution in [-0.4, -0.2) is 55.6 Å². The zero-order valence-corrected chi connectivity index (χ0v) is 15.3. The van der Waals surface area contributed by atoms with Crippen molar-refractivity contribution in [2.24, 2.45) is 0 Å². The van der Waals surface area contributed by atoms with E-state index in [1.807, 2.05) is 4.90 Å². The Hall–Kier alpha value is -1.67. The normalized spacial score (nSPS) is 16.0. The number of anilines is 1. The number of pyridine rings is 1. The van der Waals surface area contributed by atoms with E-state index in [9.17, 15) is 13.2 Å². The maximum Gasteiger partial charge on any atom is 0.257 e. The molecule has 134 valence electrons. The van der Waals surface area contributed by atoms with Crippen molar-refractivity contribution >= 4 is 21.7 Å². The van der Waals surface area contributed by atoms with Crippen LogP contribution in [0.1, 0.15) is 43.5 Å². The number of rotatable bonds is 6. The summed E-state index contributed by atoms with van der Waals surface area (Å²) >= 11 is 0. The highest BCUT2D eigenvalue weighted by molar-refractivity contribution is 7.88. The SMILES string of the molecule is CC(C)(CNc1ncccc1C(=O)N1CCCCC1)NS(C)(=O)=O. The van der Waals surface area contributed by atoms with Gasteiger partial charge in [0.15, 0.2) is 0 Å². The van der Waals surface area contributed by atoms with Gasteiger partial charge in [-0.15, -0.1) is 0 Å². The fraction of sp³-hybridized carbons (Fsp3) is 0.625. The summed E-state index contributed by atoms with van der Waals surface area (Å²) in [5, 5.41) is 3.11. The van der Waals surface area contributed by atoms with Gasteiger partial charge in [-0.1, -0.05) is 0 Å². The summed E-state index contributed by atoms with van der Waals surface area (Å²) in [4.78, 5) is 18.8. The van der Waals surface area contributed by atoms with E-state index in [1.165, 1.54) is 0 Å². The van der Waals surface area contributed by atoms with Gasteiger partial charge < -0.3 is 10.2 Å². The molecule has 2 N–H and O–H groups in total. The molecule has 0 spiro atoms. The second kappa shape index (κ2) is 7.48. The van der Waals surface area contributed by atoms with Crippen molar-refractivity contribution in [3.8, 4) is 0 Å². The molecular formula is C16H26N4O3S. The number of hydrogen-bond acceptors (Lipinski definition) is 5. The van der Waals surface area contributed by atoms with E-state index < -0.39 is 15.6 Å². The summed E-state index contributed by atoms with van der Waals surface area (Å²) in [5.41, 5.74) is -0.175. The number of nitrogens with zero attached hydrogens (tertiary/aromatic N) is 2. The zero-order chi connectivity index (χ0) is 17.8. The van der Waals surface area contributed by atoms with Crippen molar-refractivity contribution in [2.45, 2.75) is 38.6 Å². The fourth-order valence-corrected chi connectivity index (χ4v) is 3.90. The van der Waals surface area contributed by atoms with Gasteiger partial charge in [-0.2, -0.15) is 0 Å². The van der Waals surface area contributed by atoms with Gasteiger partial charge in [0, 0.05) is 31.4 Å². The van der Waals surface area contributed by atoms with Gasteiger partial charge in [0.25, 0.3) is 5.91 Å². The minimum Gasteiger partial charge on any atom is -0.368 e. The van der Waals surface area contributed by atoms with Gasteiger partial charge in [0.1, 0.15) is 5.82 Å². The third-order valence-corrected chi connectivity index (χ3v) is 4.76. The molecule has 0 radical (unpaired) electrons. The lowest BCUT2D eigenvalue weighted by molar-refractivity contribution is 0.0725. The lowest BCUT2D eigenvalue weighted by Crippen LogP contribution is -2.48. The molecule has 0 unspecified atom stereocenters. The maximum absolute atomic E-state index is 12.7. The Labute approximate surface area is 143 Å². The average molecular weight is 354 g/mol. The van der Waals surface area contributed by atoms with Gasteiger partial charge in [0.2, 0.25) is 10.0 Å². The Kier molecular flexibility index (Phi) is 5.82. The molecule has 0 aromatic carbocycles. The Bertz CT molecular complexity index is 682. The molecule has 2 heterocycles. The minimum absolute atomic E-state index is 0.0285. The van der Waals surface area contributed by atoms with Gasteiger partial charge in [-0.05, 0) is 45.2 Å². The largest absolute Gasteiger partial charge is 0.368 e. The number of hydrogen-bond donors (Lipinski definition) is 2. The minimum atomic E-state index is -3.32. The van der Waals surface area contributed by atoms with E-state index >= 15 is 0 Å². The lowest BCUT2D eigenvalue weighted by Gasteiger charge is -2.28. The van der Waals surface area contributed by atoms with E-state index in [0.717, 1.165) is 38.6 Å². The lowest BCUT2D eigenvalue weighted by atomic mass is 10.1. The highest BCUT2D eigenvalue weighted by Crippen LogP contribution is 2.18. The number of piperidine rings is 1. The number of nitrogens with one attached hydrogen (secondary N) is 2. The van der Waals surface area contributed by atoms with Crippen LogP contribution in [0.25, 0.3) is 0 Å². The van der Waals surface area contributed by atoms with Crippen molar-refractivity contribution in [2.75, 3.05) is 31.2 Å². The highest BCUT2D eigenvalue weighted by Gasteiger charge is 2.25. The fourth-order valence-electron chi connectivity index (χ4n) is 2.83. The molecule has 8 heteroatoms. The summed E-state index contributed by atoms with van der Waals surface area (Å²) in [6.07, 6.45) is 5.96. The van der Waals surface area contributed by atoms with Crippen LogP contribution in [0.15, 0.2) is 18.3 Å². The summed E-state index contributed by atoms with van der Waals surface area (Å²) in [5.74, 6) is 0.454. The van der Waals surface area contributed by atoms with Crippen molar-refractivity contribution in [1.82, 2.24) is 14.6 Å². The third-order valence-electron chi connectivity index (χ3n) is 3.84. The first-order valence-electron chi connectivity index (χ1n) is 8.15. The maximum atomic E-state index is 12.7. The molecule has 1 saturated heterocycles. The first kappa shape index (κ1) is 18.7. The van der Waals surface area contributed by atoms with Crippen LogP contribution in [0.2, 0.25) is 0 Å². The molecule has 7 nitrogen and oxygen atoms in total. The highest BCUT2D eigenvalue weighted by atomic mass is 32.2. The van der Waals surface area contributed by atoms with E-state index in [0.29, 0.717) is 17.9 Å². The zero-order valence-electron chi connectivity index (χ0n) is 14.5. The molecule has 0 saturated carbocycles. The molecule has 24 heavy (non-hydrogen) atoms. The first-order valence-corrected chi connectivity index (χ1v) is 10.0. The van der Waals surface area contributed by atoms with Crippen LogP contribution in [0.4, 0.5) is 5.82 Å². The molecule has 1 aliphatic heterocycles. The van der Waals surface area contributed by atoms with Crippen molar-refractivity contribution in [1.29, 1.82) is 0 Å². The summed E-state index contributed by atoms with van der Waals surface area (Å²) in [6.45, 7) is 5.41. The van der Waals surface area contributed by atoms with Gasteiger partial charge in [0.05, 0.1) is 11.8 Å². The van der Waals surface area contributed by atoms with Crippen LogP contribution in [0.3, 0.4) is 0 Å². The molecule has 2 rings (SSSR count). The standard InChI is InChI=1S/C16H26N4O3S/c1-16(2,19-24(3,22)23)12-18-14-13(8-7-9-17-14)15(21)20-10-5-4-6-11-20/h7-9,19H,4-6,10-12H2,1-3H3,(H,17,18). The number of amides is 1. The van der Waals surface area contributed by atoms with E-state index in [4.69, 9.17) is 0 Å². The predicted molar refractivity (Wildman–Crippen MR) is 94.5 cm³/mol. The van der Waals surface area contributed by atoms with Crippen molar-refractivity contribution in [3.05, 3.63) is 23.9 Å². The van der Waals surface area contributed by atoms with Crippen LogP contribution in [-0.2, 0) is 10.0 Å². The summed E-state index contributed by atoms with van der Waals surface area (Å²) in [7, 11) is -3.32. The second-order valence-electron chi connectivity index (χ2n) is 6.86.